The minimum atomic E-state index is -0.310. The largest absolute Gasteiger partial charge is 0.392 e. The number of hydrogen-bond donors (Lipinski definition) is 2. The molecule has 6 heteroatoms. The molecule has 2 heterocycles. The third kappa shape index (κ3) is 3.12. The standard InChI is InChI=1S/C15H19BrFN3O/c16-10-5-6-12-15(14(10)17)19-9-20(12)8-2-3-11-13(21)4-1-7-18-11/h5-6,9,11,13,18,21H,1-4,7-8H2. The van der Waals surface area contributed by atoms with Crippen LogP contribution in [0.15, 0.2) is 22.9 Å². The van der Waals surface area contributed by atoms with Crippen molar-refractivity contribution in [1.82, 2.24) is 14.9 Å². The summed E-state index contributed by atoms with van der Waals surface area (Å²) in [5, 5.41) is 13.3. The zero-order valence-electron chi connectivity index (χ0n) is 11.7. The van der Waals surface area contributed by atoms with Gasteiger partial charge in [-0.05, 0) is 60.3 Å². The third-order valence-electron chi connectivity index (χ3n) is 4.15. The molecular weight excluding hydrogens is 337 g/mol. The second-order valence-corrected chi connectivity index (χ2v) is 6.43. The van der Waals surface area contributed by atoms with Crippen molar-refractivity contribution in [2.45, 2.75) is 44.4 Å². The molecule has 2 unspecified atom stereocenters. The summed E-state index contributed by atoms with van der Waals surface area (Å²) in [7, 11) is 0. The molecule has 1 aliphatic heterocycles. The lowest BCUT2D eigenvalue weighted by Crippen LogP contribution is -2.44. The summed E-state index contributed by atoms with van der Waals surface area (Å²) < 4.78 is 16.3. The Balaban J connectivity index is 1.64. The highest BCUT2D eigenvalue weighted by Gasteiger charge is 2.21. The van der Waals surface area contributed by atoms with Crippen LogP contribution in [0, 0.1) is 5.82 Å². The van der Waals surface area contributed by atoms with Gasteiger partial charge in [-0.15, -0.1) is 0 Å². The third-order valence-corrected chi connectivity index (χ3v) is 4.76. The number of benzene rings is 1. The molecule has 0 radical (unpaired) electrons. The van der Waals surface area contributed by atoms with Gasteiger partial charge in [-0.25, -0.2) is 9.37 Å². The predicted octanol–water partition coefficient (Wildman–Crippen LogP) is 2.83. The number of halogens is 2. The smallest absolute Gasteiger partial charge is 0.165 e. The van der Waals surface area contributed by atoms with Crippen molar-refractivity contribution in [3.8, 4) is 0 Å². The van der Waals surface area contributed by atoms with Crippen LogP contribution in [0.1, 0.15) is 25.7 Å². The fourth-order valence-corrected chi connectivity index (χ4v) is 3.28. The first-order valence-electron chi connectivity index (χ1n) is 7.37. The Hall–Kier alpha value is -0.980. The van der Waals surface area contributed by atoms with Gasteiger partial charge in [-0.1, -0.05) is 0 Å². The topological polar surface area (TPSA) is 50.1 Å². The number of nitrogens with zero attached hydrogens (tertiary/aromatic N) is 2. The Kier molecular flexibility index (Phi) is 4.57. The molecule has 1 saturated heterocycles. The van der Waals surface area contributed by atoms with E-state index in [4.69, 9.17) is 0 Å². The first-order chi connectivity index (χ1) is 10.2. The molecule has 0 aliphatic carbocycles. The Bertz CT molecular complexity index is 631. The van der Waals surface area contributed by atoms with Crippen LogP contribution in [0.2, 0.25) is 0 Å². The molecule has 3 rings (SSSR count). The van der Waals surface area contributed by atoms with Gasteiger partial charge in [0.1, 0.15) is 5.52 Å². The molecule has 1 aromatic carbocycles. The fraction of sp³-hybridized carbons (Fsp3) is 0.533. The van der Waals surface area contributed by atoms with Crippen molar-refractivity contribution < 1.29 is 9.50 Å². The number of fused-ring (bicyclic) bond motifs is 1. The monoisotopic (exact) mass is 355 g/mol. The summed E-state index contributed by atoms with van der Waals surface area (Å²) in [6.07, 6.45) is 5.21. The van der Waals surface area contributed by atoms with Crippen molar-refractivity contribution in [3.63, 3.8) is 0 Å². The second-order valence-electron chi connectivity index (χ2n) is 5.58. The number of imidazole rings is 1. The maximum absolute atomic E-state index is 13.9. The maximum Gasteiger partial charge on any atom is 0.165 e. The minimum Gasteiger partial charge on any atom is -0.392 e. The molecule has 2 N–H and O–H groups in total. The van der Waals surface area contributed by atoms with Gasteiger partial charge in [0.25, 0.3) is 0 Å². The lowest BCUT2D eigenvalue weighted by atomic mass is 9.97. The number of aliphatic hydroxyl groups is 1. The summed E-state index contributed by atoms with van der Waals surface area (Å²) >= 11 is 3.18. The lowest BCUT2D eigenvalue weighted by molar-refractivity contribution is 0.0909. The first kappa shape index (κ1) is 14.9. The minimum absolute atomic E-state index is 0.180. The molecule has 0 bridgehead atoms. The molecule has 0 amide bonds. The van der Waals surface area contributed by atoms with Gasteiger partial charge in [0.2, 0.25) is 0 Å². The van der Waals surface area contributed by atoms with E-state index in [0.717, 1.165) is 44.3 Å². The molecule has 1 aromatic heterocycles. The number of aromatic nitrogens is 2. The van der Waals surface area contributed by atoms with E-state index in [1.807, 2.05) is 10.6 Å². The van der Waals surface area contributed by atoms with E-state index >= 15 is 0 Å². The molecule has 114 valence electrons. The molecule has 1 aliphatic rings. The van der Waals surface area contributed by atoms with Gasteiger partial charge in [0.05, 0.1) is 22.4 Å². The first-order valence-corrected chi connectivity index (χ1v) is 8.16. The van der Waals surface area contributed by atoms with Crippen LogP contribution in [-0.4, -0.2) is 33.3 Å². The molecule has 2 aromatic rings. The van der Waals surface area contributed by atoms with E-state index in [2.05, 4.69) is 26.2 Å². The van der Waals surface area contributed by atoms with Gasteiger partial charge in [-0.2, -0.15) is 0 Å². The van der Waals surface area contributed by atoms with Crippen molar-refractivity contribution in [2.24, 2.45) is 0 Å². The summed E-state index contributed by atoms with van der Waals surface area (Å²) in [6, 6.07) is 3.77. The number of aliphatic hydroxyl groups excluding tert-OH is 1. The number of hydrogen-bond acceptors (Lipinski definition) is 3. The van der Waals surface area contributed by atoms with E-state index in [1.165, 1.54) is 0 Å². The van der Waals surface area contributed by atoms with Gasteiger partial charge < -0.3 is 15.0 Å². The number of nitrogens with one attached hydrogen (secondary N) is 1. The summed E-state index contributed by atoms with van der Waals surface area (Å²) in [5.74, 6) is -0.310. The second kappa shape index (κ2) is 6.42. The average molecular weight is 356 g/mol. The summed E-state index contributed by atoms with van der Waals surface area (Å²) in [5.41, 5.74) is 1.22. The molecule has 0 saturated carbocycles. The van der Waals surface area contributed by atoms with Crippen LogP contribution in [-0.2, 0) is 6.54 Å². The van der Waals surface area contributed by atoms with Crippen molar-refractivity contribution in [2.75, 3.05) is 6.54 Å². The highest BCUT2D eigenvalue weighted by Crippen LogP contribution is 2.24. The highest BCUT2D eigenvalue weighted by atomic mass is 79.9. The van der Waals surface area contributed by atoms with Crippen molar-refractivity contribution in [3.05, 3.63) is 28.7 Å². The van der Waals surface area contributed by atoms with Crippen LogP contribution in [0.5, 0.6) is 0 Å². The summed E-state index contributed by atoms with van der Waals surface area (Å²) in [4.78, 5) is 4.15. The van der Waals surface area contributed by atoms with Gasteiger partial charge in [0.15, 0.2) is 5.82 Å². The van der Waals surface area contributed by atoms with Gasteiger partial charge >= 0.3 is 0 Å². The maximum atomic E-state index is 13.9. The average Bonchev–Trinajstić information content (AvgIpc) is 2.89. The Morgan fingerprint density at radius 2 is 2.33 bits per heavy atom. The van der Waals surface area contributed by atoms with Crippen LogP contribution in [0.4, 0.5) is 4.39 Å². The molecule has 21 heavy (non-hydrogen) atoms. The van der Waals surface area contributed by atoms with Crippen LogP contribution in [0.25, 0.3) is 11.0 Å². The Morgan fingerprint density at radius 1 is 1.48 bits per heavy atom. The molecular formula is C15H19BrFN3O. The number of rotatable bonds is 4. The van der Waals surface area contributed by atoms with Crippen LogP contribution >= 0.6 is 15.9 Å². The predicted molar refractivity (Wildman–Crippen MR) is 83.7 cm³/mol. The zero-order valence-corrected chi connectivity index (χ0v) is 13.3. The highest BCUT2D eigenvalue weighted by molar-refractivity contribution is 9.10. The number of piperidine rings is 1. The fourth-order valence-electron chi connectivity index (χ4n) is 2.96. The zero-order chi connectivity index (χ0) is 14.8. The van der Waals surface area contributed by atoms with Crippen molar-refractivity contribution in [1.29, 1.82) is 0 Å². The van der Waals surface area contributed by atoms with E-state index in [-0.39, 0.29) is 18.0 Å². The van der Waals surface area contributed by atoms with Crippen LogP contribution < -0.4 is 5.32 Å². The van der Waals surface area contributed by atoms with Gasteiger partial charge in [-0.3, -0.25) is 0 Å². The van der Waals surface area contributed by atoms with E-state index in [9.17, 15) is 9.50 Å². The lowest BCUT2D eigenvalue weighted by Gasteiger charge is -2.29. The number of aryl methyl sites for hydroxylation is 1. The molecule has 1 fully saturated rings. The summed E-state index contributed by atoms with van der Waals surface area (Å²) in [6.45, 7) is 1.76. The normalized spacial score (nSPS) is 22.8. The van der Waals surface area contributed by atoms with E-state index < -0.39 is 0 Å². The molecule has 0 spiro atoms. The molecule has 4 nitrogen and oxygen atoms in total. The van der Waals surface area contributed by atoms with Crippen molar-refractivity contribution >= 4 is 27.0 Å². The van der Waals surface area contributed by atoms with E-state index in [0.29, 0.717) is 9.99 Å². The van der Waals surface area contributed by atoms with Crippen LogP contribution in [0.3, 0.4) is 0 Å². The van der Waals surface area contributed by atoms with Gasteiger partial charge in [0, 0.05) is 12.6 Å². The SMILES string of the molecule is OC1CCCNC1CCCn1cnc2c(F)c(Br)ccc21. The molecule has 2 atom stereocenters. The quantitative estimate of drug-likeness (QED) is 0.886. The Morgan fingerprint density at radius 3 is 3.14 bits per heavy atom. The Labute approximate surface area is 131 Å². The van der Waals surface area contributed by atoms with E-state index in [1.54, 1.807) is 12.4 Å².